The fraction of sp³-hybridized carbons (Fsp3) is 0.118. The van der Waals surface area contributed by atoms with Crippen molar-refractivity contribution in [3.05, 3.63) is 64.4 Å². The van der Waals surface area contributed by atoms with Gasteiger partial charge in [0.1, 0.15) is 5.82 Å². The van der Waals surface area contributed by atoms with E-state index in [0.29, 0.717) is 0 Å². The highest BCUT2D eigenvalue weighted by atomic mass is 35.5. The molecule has 0 aromatic heterocycles. The van der Waals surface area contributed by atoms with Crippen LogP contribution < -0.4 is 11.1 Å². The van der Waals surface area contributed by atoms with Gasteiger partial charge in [-0.1, -0.05) is 29.8 Å². The Morgan fingerprint density at radius 2 is 1.84 bits per heavy atom. The van der Waals surface area contributed by atoms with Crippen LogP contribution in [0.15, 0.2) is 42.5 Å². The Morgan fingerprint density at radius 3 is 2.52 bits per heavy atom. The fourth-order valence-electron chi connectivity index (χ4n) is 2.04. The normalized spacial score (nSPS) is 10.2. The summed E-state index contributed by atoms with van der Waals surface area (Å²) in [5.74, 6) is -2.82. The molecule has 0 aliphatic rings. The molecule has 2 aromatic rings. The smallest absolute Gasteiger partial charge is 0.310 e. The topological polar surface area (TPSA) is 98.5 Å². The van der Waals surface area contributed by atoms with E-state index in [4.69, 9.17) is 22.1 Å². The summed E-state index contributed by atoms with van der Waals surface area (Å²) >= 11 is 5.82. The number of ether oxygens (including phenoxy) is 1. The van der Waals surface area contributed by atoms with E-state index < -0.39 is 36.6 Å². The molecular weight excluding hydrogens is 351 g/mol. The maximum Gasteiger partial charge on any atom is 0.310 e. The molecule has 2 amide bonds. The zero-order valence-electron chi connectivity index (χ0n) is 12.9. The van der Waals surface area contributed by atoms with Crippen molar-refractivity contribution < 1.29 is 23.5 Å². The van der Waals surface area contributed by atoms with Crippen LogP contribution in [-0.4, -0.2) is 24.4 Å². The second-order valence-corrected chi connectivity index (χ2v) is 5.40. The van der Waals surface area contributed by atoms with Crippen LogP contribution in [0.1, 0.15) is 15.9 Å². The van der Waals surface area contributed by atoms with Crippen molar-refractivity contribution >= 4 is 35.1 Å². The molecule has 0 spiro atoms. The summed E-state index contributed by atoms with van der Waals surface area (Å²) in [6.07, 6.45) is -0.406. The van der Waals surface area contributed by atoms with Crippen LogP contribution in [0.3, 0.4) is 0 Å². The molecule has 25 heavy (non-hydrogen) atoms. The lowest BCUT2D eigenvalue weighted by molar-refractivity contribution is -0.146. The first kappa shape index (κ1) is 18.4. The molecule has 0 aliphatic heterocycles. The number of nitrogens with two attached hydrogens (primary N) is 1. The largest absolute Gasteiger partial charge is 0.455 e. The van der Waals surface area contributed by atoms with E-state index in [2.05, 4.69) is 5.32 Å². The number of hydrogen-bond acceptors (Lipinski definition) is 4. The Hall–Kier alpha value is -2.93. The van der Waals surface area contributed by atoms with Crippen LogP contribution in [0, 0.1) is 5.82 Å². The SMILES string of the molecule is NC(=O)c1ccccc1NC(=O)COC(=O)Cc1c(F)cccc1Cl. The fourth-order valence-corrected chi connectivity index (χ4v) is 2.27. The van der Waals surface area contributed by atoms with Gasteiger partial charge in [0.05, 0.1) is 17.7 Å². The van der Waals surface area contributed by atoms with Gasteiger partial charge in [-0.25, -0.2) is 4.39 Å². The molecule has 0 heterocycles. The number of hydrogen-bond donors (Lipinski definition) is 2. The highest BCUT2D eigenvalue weighted by molar-refractivity contribution is 6.31. The number of nitrogens with one attached hydrogen (secondary N) is 1. The first-order valence-electron chi connectivity index (χ1n) is 7.15. The van der Waals surface area contributed by atoms with Crippen molar-refractivity contribution in [3.63, 3.8) is 0 Å². The Balaban J connectivity index is 1.92. The lowest BCUT2D eigenvalue weighted by Crippen LogP contribution is -2.23. The maximum absolute atomic E-state index is 13.6. The molecule has 0 atom stereocenters. The van der Waals surface area contributed by atoms with Crippen LogP contribution >= 0.6 is 11.6 Å². The second kappa shape index (κ2) is 8.25. The molecule has 130 valence electrons. The monoisotopic (exact) mass is 364 g/mol. The van der Waals surface area contributed by atoms with Crippen LogP contribution in [-0.2, 0) is 20.7 Å². The molecule has 0 bridgehead atoms. The highest BCUT2D eigenvalue weighted by Crippen LogP contribution is 2.19. The maximum atomic E-state index is 13.6. The molecule has 0 saturated heterocycles. The van der Waals surface area contributed by atoms with E-state index in [9.17, 15) is 18.8 Å². The lowest BCUT2D eigenvalue weighted by Gasteiger charge is -2.10. The van der Waals surface area contributed by atoms with Crippen molar-refractivity contribution in [2.24, 2.45) is 5.73 Å². The summed E-state index contributed by atoms with van der Waals surface area (Å²) in [5, 5.41) is 2.51. The molecule has 0 fully saturated rings. The van der Waals surface area contributed by atoms with Crippen molar-refractivity contribution in [3.8, 4) is 0 Å². The van der Waals surface area contributed by atoms with Crippen LogP contribution in [0.5, 0.6) is 0 Å². The number of halogens is 2. The second-order valence-electron chi connectivity index (χ2n) is 5.00. The minimum Gasteiger partial charge on any atom is -0.455 e. The van der Waals surface area contributed by atoms with Crippen molar-refractivity contribution in [2.75, 3.05) is 11.9 Å². The minimum atomic E-state index is -0.815. The van der Waals surface area contributed by atoms with Crippen molar-refractivity contribution in [2.45, 2.75) is 6.42 Å². The molecule has 6 nitrogen and oxygen atoms in total. The van der Waals surface area contributed by atoms with E-state index in [-0.39, 0.29) is 21.8 Å². The standard InChI is InChI=1S/C17H14ClFN2O4/c18-12-5-3-6-13(19)11(12)8-16(23)25-9-15(22)21-14-7-2-1-4-10(14)17(20)24/h1-7H,8-9H2,(H2,20,24)(H,21,22). The third-order valence-electron chi connectivity index (χ3n) is 3.21. The van der Waals surface area contributed by atoms with Gasteiger partial charge in [-0.2, -0.15) is 0 Å². The molecule has 0 radical (unpaired) electrons. The van der Waals surface area contributed by atoms with Gasteiger partial charge in [0.25, 0.3) is 11.8 Å². The van der Waals surface area contributed by atoms with Gasteiger partial charge in [0.15, 0.2) is 6.61 Å². The molecule has 2 aromatic carbocycles. The van der Waals surface area contributed by atoms with Gasteiger partial charge in [-0.3, -0.25) is 14.4 Å². The predicted octanol–water partition coefficient (Wildman–Crippen LogP) is 2.30. The number of para-hydroxylation sites is 1. The Labute approximate surface area is 147 Å². The third-order valence-corrected chi connectivity index (χ3v) is 3.57. The molecule has 0 aliphatic carbocycles. The van der Waals surface area contributed by atoms with Gasteiger partial charge >= 0.3 is 5.97 Å². The lowest BCUT2D eigenvalue weighted by atomic mass is 10.1. The quantitative estimate of drug-likeness (QED) is 0.768. The van der Waals surface area contributed by atoms with Gasteiger partial charge in [0.2, 0.25) is 0 Å². The summed E-state index contributed by atoms with van der Waals surface area (Å²) in [7, 11) is 0. The van der Waals surface area contributed by atoms with Gasteiger partial charge < -0.3 is 15.8 Å². The first-order valence-corrected chi connectivity index (χ1v) is 7.53. The summed E-state index contributed by atoms with van der Waals surface area (Å²) < 4.78 is 18.4. The first-order chi connectivity index (χ1) is 11.9. The van der Waals surface area contributed by atoms with Crippen molar-refractivity contribution in [1.29, 1.82) is 0 Å². The van der Waals surface area contributed by atoms with E-state index in [0.717, 1.165) is 0 Å². The van der Waals surface area contributed by atoms with Gasteiger partial charge in [-0.15, -0.1) is 0 Å². The number of rotatable bonds is 6. The van der Waals surface area contributed by atoms with E-state index in [1.54, 1.807) is 12.1 Å². The molecule has 3 N–H and O–H groups in total. The zero-order valence-corrected chi connectivity index (χ0v) is 13.7. The average molecular weight is 365 g/mol. The van der Waals surface area contributed by atoms with Crippen molar-refractivity contribution in [1.82, 2.24) is 0 Å². The number of anilines is 1. The van der Waals surface area contributed by atoms with E-state index in [1.807, 2.05) is 0 Å². The molecule has 0 unspecified atom stereocenters. The predicted molar refractivity (Wildman–Crippen MR) is 89.7 cm³/mol. The summed E-state index contributed by atoms with van der Waals surface area (Å²) in [6.45, 7) is -0.599. The number of primary amides is 1. The number of carbonyl (C=O) groups is 3. The molecule has 0 saturated carbocycles. The Morgan fingerprint density at radius 1 is 1.12 bits per heavy atom. The Bertz CT molecular complexity index is 806. The van der Waals surface area contributed by atoms with Crippen LogP contribution in [0.4, 0.5) is 10.1 Å². The molecular formula is C17H14ClFN2O4. The summed E-state index contributed by atoms with van der Waals surface area (Å²) in [4.78, 5) is 34.9. The third kappa shape index (κ3) is 5.02. The van der Waals surface area contributed by atoms with E-state index in [1.165, 1.54) is 30.3 Å². The minimum absolute atomic E-state index is 0.00588. The van der Waals surface area contributed by atoms with Gasteiger partial charge in [0, 0.05) is 10.6 Å². The number of carbonyl (C=O) groups excluding carboxylic acids is 3. The highest BCUT2D eigenvalue weighted by Gasteiger charge is 2.15. The van der Waals surface area contributed by atoms with E-state index >= 15 is 0 Å². The zero-order chi connectivity index (χ0) is 18.4. The molecule has 8 heteroatoms. The van der Waals surface area contributed by atoms with Gasteiger partial charge in [-0.05, 0) is 24.3 Å². The summed E-state index contributed by atoms with van der Waals surface area (Å²) in [5.41, 5.74) is 5.52. The average Bonchev–Trinajstić information content (AvgIpc) is 2.57. The van der Waals surface area contributed by atoms with Crippen LogP contribution in [0.25, 0.3) is 0 Å². The number of esters is 1. The Kier molecular flexibility index (Phi) is 6.08. The number of benzene rings is 2. The summed E-state index contributed by atoms with van der Waals surface area (Å²) in [6, 6.07) is 10.2. The molecule has 2 rings (SSSR count). The van der Waals surface area contributed by atoms with Crippen LogP contribution in [0.2, 0.25) is 5.02 Å². The number of amides is 2.